The van der Waals surface area contributed by atoms with Crippen molar-refractivity contribution in [1.29, 1.82) is 0 Å². The first kappa shape index (κ1) is 22.0. The van der Waals surface area contributed by atoms with Gasteiger partial charge in [0.1, 0.15) is 5.75 Å². The topological polar surface area (TPSA) is 79.5 Å². The van der Waals surface area contributed by atoms with E-state index in [4.69, 9.17) is 17.0 Å². The van der Waals surface area contributed by atoms with Crippen LogP contribution < -0.4 is 20.7 Å². The molecule has 7 heteroatoms. The molecule has 0 aliphatic rings. The second-order valence-electron chi connectivity index (χ2n) is 6.69. The van der Waals surface area contributed by atoms with Crippen LogP contribution in [0.5, 0.6) is 5.75 Å². The second kappa shape index (κ2) is 10.4. The maximum atomic E-state index is 12.6. The van der Waals surface area contributed by atoms with Gasteiger partial charge in [-0.05, 0) is 74.1 Å². The van der Waals surface area contributed by atoms with Crippen molar-refractivity contribution in [3.05, 3.63) is 89.5 Å². The smallest absolute Gasteiger partial charge is 0.261 e. The van der Waals surface area contributed by atoms with Crippen molar-refractivity contribution in [3.63, 3.8) is 0 Å². The Kier molecular flexibility index (Phi) is 7.35. The van der Waals surface area contributed by atoms with Crippen molar-refractivity contribution in [3.8, 4) is 5.75 Å². The normalized spacial score (nSPS) is 10.1. The summed E-state index contributed by atoms with van der Waals surface area (Å²) in [6, 6.07) is 21.4. The zero-order valence-corrected chi connectivity index (χ0v) is 18.1. The number of ether oxygens (including phenoxy) is 1. The standard InChI is InChI=1S/C24H23N3O3S/c1-3-30-21-12-8-7-11-19(21)23(29)27-24(31)25-18-13-14-20(16(2)15-18)26-22(28)17-9-5-4-6-10-17/h4-15H,3H2,1-2H3,(H,26,28)(H2,25,27,29,31). The van der Waals surface area contributed by atoms with Crippen molar-refractivity contribution in [2.24, 2.45) is 0 Å². The number of thiocarbonyl (C=S) groups is 1. The quantitative estimate of drug-likeness (QED) is 0.488. The van der Waals surface area contributed by atoms with E-state index in [9.17, 15) is 9.59 Å². The molecule has 3 aromatic carbocycles. The molecule has 0 spiro atoms. The van der Waals surface area contributed by atoms with E-state index in [-0.39, 0.29) is 16.9 Å². The largest absolute Gasteiger partial charge is 0.493 e. The summed E-state index contributed by atoms with van der Waals surface area (Å²) in [7, 11) is 0. The van der Waals surface area contributed by atoms with Crippen LogP contribution in [0.4, 0.5) is 11.4 Å². The van der Waals surface area contributed by atoms with Gasteiger partial charge < -0.3 is 15.4 Å². The summed E-state index contributed by atoms with van der Waals surface area (Å²) >= 11 is 5.28. The van der Waals surface area contributed by atoms with Crippen LogP contribution in [0.1, 0.15) is 33.2 Å². The summed E-state index contributed by atoms with van der Waals surface area (Å²) in [5, 5.41) is 8.72. The molecular weight excluding hydrogens is 410 g/mol. The molecule has 3 rings (SSSR count). The molecule has 0 bridgehead atoms. The third-order valence-corrected chi connectivity index (χ3v) is 4.63. The Morgan fingerprint density at radius 1 is 0.903 bits per heavy atom. The number of rotatable bonds is 6. The fourth-order valence-electron chi connectivity index (χ4n) is 2.93. The number of carbonyl (C=O) groups is 2. The van der Waals surface area contributed by atoms with Gasteiger partial charge in [-0.15, -0.1) is 0 Å². The molecule has 0 radical (unpaired) electrons. The zero-order chi connectivity index (χ0) is 22.2. The van der Waals surface area contributed by atoms with Gasteiger partial charge in [0, 0.05) is 16.9 Å². The maximum absolute atomic E-state index is 12.6. The van der Waals surface area contributed by atoms with Gasteiger partial charge in [-0.1, -0.05) is 30.3 Å². The van der Waals surface area contributed by atoms with Crippen LogP contribution in [-0.4, -0.2) is 23.5 Å². The highest BCUT2D eigenvalue weighted by molar-refractivity contribution is 7.80. The van der Waals surface area contributed by atoms with E-state index in [1.165, 1.54) is 0 Å². The minimum absolute atomic E-state index is 0.164. The van der Waals surface area contributed by atoms with Crippen LogP contribution in [0.15, 0.2) is 72.8 Å². The van der Waals surface area contributed by atoms with Gasteiger partial charge in [0.15, 0.2) is 5.11 Å². The van der Waals surface area contributed by atoms with Crippen LogP contribution in [0.3, 0.4) is 0 Å². The van der Waals surface area contributed by atoms with Gasteiger partial charge in [-0.2, -0.15) is 0 Å². The lowest BCUT2D eigenvalue weighted by Gasteiger charge is -2.14. The lowest BCUT2D eigenvalue weighted by Crippen LogP contribution is -2.34. The predicted octanol–water partition coefficient (Wildman–Crippen LogP) is 4.77. The van der Waals surface area contributed by atoms with E-state index >= 15 is 0 Å². The molecule has 158 valence electrons. The molecule has 0 unspecified atom stereocenters. The summed E-state index contributed by atoms with van der Waals surface area (Å²) in [5.41, 5.74) is 3.23. The molecule has 0 saturated carbocycles. The SMILES string of the molecule is CCOc1ccccc1C(=O)NC(=S)Nc1ccc(NC(=O)c2ccccc2)c(C)c1. The van der Waals surface area contributed by atoms with E-state index in [0.29, 0.717) is 34.9 Å². The van der Waals surface area contributed by atoms with Crippen LogP contribution in [0.2, 0.25) is 0 Å². The van der Waals surface area contributed by atoms with Crippen LogP contribution in [-0.2, 0) is 0 Å². The number of nitrogens with one attached hydrogen (secondary N) is 3. The monoisotopic (exact) mass is 433 g/mol. The molecule has 6 nitrogen and oxygen atoms in total. The third-order valence-electron chi connectivity index (χ3n) is 4.43. The fraction of sp³-hybridized carbons (Fsp3) is 0.125. The van der Waals surface area contributed by atoms with E-state index in [2.05, 4.69) is 16.0 Å². The van der Waals surface area contributed by atoms with Crippen molar-refractivity contribution in [2.45, 2.75) is 13.8 Å². The molecule has 31 heavy (non-hydrogen) atoms. The molecule has 0 atom stereocenters. The minimum Gasteiger partial charge on any atom is -0.493 e. The lowest BCUT2D eigenvalue weighted by molar-refractivity contribution is 0.0972. The van der Waals surface area contributed by atoms with E-state index in [0.717, 1.165) is 5.56 Å². The molecule has 0 fully saturated rings. The van der Waals surface area contributed by atoms with Gasteiger partial charge in [0.2, 0.25) is 0 Å². The molecule has 0 aromatic heterocycles. The molecule has 0 aliphatic carbocycles. The molecular formula is C24H23N3O3S. The van der Waals surface area contributed by atoms with Crippen molar-refractivity contribution in [1.82, 2.24) is 5.32 Å². The van der Waals surface area contributed by atoms with Crippen molar-refractivity contribution in [2.75, 3.05) is 17.2 Å². The number of benzene rings is 3. The lowest BCUT2D eigenvalue weighted by atomic mass is 10.1. The van der Waals surface area contributed by atoms with Crippen molar-refractivity contribution < 1.29 is 14.3 Å². The number of hydrogen-bond acceptors (Lipinski definition) is 4. The summed E-state index contributed by atoms with van der Waals surface area (Å²) in [5.74, 6) is -0.0372. The number of para-hydroxylation sites is 1. The summed E-state index contributed by atoms with van der Waals surface area (Å²) in [4.78, 5) is 24.9. The molecule has 0 heterocycles. The van der Waals surface area contributed by atoms with E-state index in [1.54, 1.807) is 48.5 Å². The molecule has 3 N–H and O–H groups in total. The highest BCUT2D eigenvalue weighted by Crippen LogP contribution is 2.21. The van der Waals surface area contributed by atoms with Gasteiger partial charge >= 0.3 is 0 Å². The van der Waals surface area contributed by atoms with Crippen molar-refractivity contribution >= 4 is 40.5 Å². The Bertz CT molecular complexity index is 1100. The second-order valence-corrected chi connectivity index (χ2v) is 7.10. The van der Waals surface area contributed by atoms with Crippen LogP contribution in [0, 0.1) is 6.92 Å². The molecule has 0 aliphatic heterocycles. The number of carbonyl (C=O) groups excluding carboxylic acids is 2. The number of anilines is 2. The Labute approximate surface area is 186 Å². The first-order valence-electron chi connectivity index (χ1n) is 9.79. The Hall–Kier alpha value is -3.71. The van der Waals surface area contributed by atoms with Gasteiger partial charge in [-0.25, -0.2) is 0 Å². The molecule has 0 saturated heterocycles. The van der Waals surface area contributed by atoms with Gasteiger partial charge in [0.25, 0.3) is 11.8 Å². The van der Waals surface area contributed by atoms with E-state index < -0.39 is 0 Å². The van der Waals surface area contributed by atoms with Crippen LogP contribution >= 0.6 is 12.2 Å². The number of hydrogen-bond donors (Lipinski definition) is 3. The Morgan fingerprint density at radius 3 is 2.32 bits per heavy atom. The molecule has 3 aromatic rings. The Morgan fingerprint density at radius 2 is 1.61 bits per heavy atom. The predicted molar refractivity (Wildman–Crippen MR) is 127 cm³/mol. The van der Waals surface area contributed by atoms with Crippen LogP contribution in [0.25, 0.3) is 0 Å². The number of aryl methyl sites for hydroxylation is 1. The first-order valence-corrected chi connectivity index (χ1v) is 10.2. The fourth-order valence-corrected chi connectivity index (χ4v) is 3.14. The van der Waals surface area contributed by atoms with Gasteiger partial charge in [0.05, 0.1) is 12.2 Å². The van der Waals surface area contributed by atoms with E-state index in [1.807, 2.05) is 38.1 Å². The average Bonchev–Trinajstić information content (AvgIpc) is 2.76. The summed E-state index contributed by atoms with van der Waals surface area (Å²) in [6.45, 7) is 4.19. The summed E-state index contributed by atoms with van der Waals surface area (Å²) < 4.78 is 5.49. The first-order chi connectivity index (χ1) is 15.0. The molecule has 2 amide bonds. The third kappa shape index (κ3) is 5.90. The Balaban J connectivity index is 1.62. The maximum Gasteiger partial charge on any atom is 0.261 e. The highest BCUT2D eigenvalue weighted by Gasteiger charge is 2.14. The van der Waals surface area contributed by atoms with Gasteiger partial charge in [-0.3, -0.25) is 14.9 Å². The number of amides is 2. The minimum atomic E-state index is -0.356. The highest BCUT2D eigenvalue weighted by atomic mass is 32.1. The summed E-state index contributed by atoms with van der Waals surface area (Å²) in [6.07, 6.45) is 0. The zero-order valence-electron chi connectivity index (χ0n) is 17.3. The average molecular weight is 434 g/mol.